The van der Waals surface area contributed by atoms with Gasteiger partial charge in [0.25, 0.3) is 0 Å². The Balaban J connectivity index is 1.69. The zero-order valence-electron chi connectivity index (χ0n) is 10.1. The molecule has 1 aromatic carbocycles. The number of hydrogen-bond donors (Lipinski definition) is 0. The Bertz CT molecular complexity index is 350. The Morgan fingerprint density at radius 2 is 1.82 bits per heavy atom. The Morgan fingerprint density at radius 3 is 2.47 bits per heavy atom. The van der Waals surface area contributed by atoms with Crippen molar-refractivity contribution in [3.8, 4) is 0 Å². The molecule has 0 N–H and O–H groups in total. The van der Waals surface area contributed by atoms with Crippen LogP contribution >= 0.6 is 15.9 Å². The normalized spacial score (nSPS) is 17.5. The van der Waals surface area contributed by atoms with E-state index < -0.39 is 0 Å². The van der Waals surface area contributed by atoms with Crippen molar-refractivity contribution in [2.75, 3.05) is 11.9 Å². The molecule has 0 aromatic heterocycles. The average molecular weight is 295 g/mol. The number of allylic oxidation sites excluding steroid dienone is 2. The molecule has 0 amide bonds. The van der Waals surface area contributed by atoms with Crippen molar-refractivity contribution in [2.24, 2.45) is 5.41 Å². The van der Waals surface area contributed by atoms with E-state index in [1.165, 1.54) is 18.4 Å². The first kappa shape index (κ1) is 12.8. The molecule has 0 saturated heterocycles. The zero-order valence-corrected chi connectivity index (χ0v) is 11.7. The number of alkyl halides is 1. The van der Waals surface area contributed by atoms with E-state index in [2.05, 4.69) is 52.3 Å². The first-order valence-electron chi connectivity index (χ1n) is 6.17. The Morgan fingerprint density at radius 1 is 1.12 bits per heavy atom. The van der Waals surface area contributed by atoms with Crippen molar-refractivity contribution in [1.29, 1.82) is 0 Å². The van der Waals surface area contributed by atoms with Crippen molar-refractivity contribution in [2.45, 2.75) is 25.9 Å². The highest BCUT2D eigenvalue weighted by molar-refractivity contribution is 9.09. The van der Waals surface area contributed by atoms with Gasteiger partial charge in [-0.1, -0.05) is 58.4 Å². The summed E-state index contributed by atoms with van der Waals surface area (Å²) in [4.78, 5) is 0. The zero-order chi connectivity index (χ0) is 12.0. The van der Waals surface area contributed by atoms with Gasteiger partial charge in [0.15, 0.2) is 0 Å². The number of hydrogen-bond acceptors (Lipinski definition) is 1. The van der Waals surface area contributed by atoms with Crippen LogP contribution in [-0.4, -0.2) is 11.9 Å². The first-order chi connectivity index (χ1) is 8.35. The molecule has 0 saturated carbocycles. The van der Waals surface area contributed by atoms with Gasteiger partial charge in [-0.15, -0.1) is 0 Å². The molecule has 1 aliphatic rings. The summed E-state index contributed by atoms with van der Waals surface area (Å²) in [6.07, 6.45) is 8.09. The highest BCUT2D eigenvalue weighted by Crippen LogP contribution is 2.38. The highest BCUT2D eigenvalue weighted by Gasteiger charge is 2.29. The van der Waals surface area contributed by atoms with Gasteiger partial charge in [0.1, 0.15) is 0 Å². The Hall–Kier alpha value is -0.600. The third kappa shape index (κ3) is 3.68. The molecule has 0 aliphatic heterocycles. The van der Waals surface area contributed by atoms with Crippen LogP contribution in [0.5, 0.6) is 0 Å². The largest absolute Gasteiger partial charge is 0.377 e. The highest BCUT2D eigenvalue weighted by atomic mass is 79.9. The molecule has 0 unspecified atom stereocenters. The SMILES string of the molecule is BrCC1(CCOCc2ccccc2)CC=CC1. The fourth-order valence-corrected chi connectivity index (χ4v) is 2.92. The maximum absolute atomic E-state index is 5.76. The van der Waals surface area contributed by atoms with Gasteiger partial charge >= 0.3 is 0 Å². The molecule has 0 spiro atoms. The molecule has 1 aromatic rings. The minimum Gasteiger partial charge on any atom is -0.377 e. The molecule has 1 aliphatic carbocycles. The summed E-state index contributed by atoms with van der Waals surface area (Å²) in [6, 6.07) is 10.4. The summed E-state index contributed by atoms with van der Waals surface area (Å²) in [5.41, 5.74) is 1.67. The second kappa shape index (κ2) is 6.36. The molecular formula is C15H19BrO. The molecular weight excluding hydrogens is 276 g/mol. The van der Waals surface area contributed by atoms with E-state index in [9.17, 15) is 0 Å². The Labute approximate surface area is 112 Å². The van der Waals surface area contributed by atoms with Gasteiger partial charge in [0, 0.05) is 11.9 Å². The molecule has 0 radical (unpaired) electrons. The van der Waals surface area contributed by atoms with E-state index >= 15 is 0 Å². The van der Waals surface area contributed by atoms with Gasteiger partial charge in [-0.05, 0) is 30.2 Å². The predicted octanol–water partition coefficient (Wildman–Crippen LogP) is 4.32. The topological polar surface area (TPSA) is 9.23 Å². The lowest BCUT2D eigenvalue weighted by Crippen LogP contribution is -2.21. The molecule has 92 valence electrons. The van der Waals surface area contributed by atoms with E-state index in [0.717, 1.165) is 25.0 Å². The van der Waals surface area contributed by atoms with E-state index in [-0.39, 0.29) is 0 Å². The van der Waals surface area contributed by atoms with Crippen LogP contribution < -0.4 is 0 Å². The summed E-state index contributed by atoms with van der Waals surface area (Å²) in [5.74, 6) is 0. The molecule has 0 bridgehead atoms. The second-order valence-electron chi connectivity index (χ2n) is 4.80. The maximum atomic E-state index is 5.76. The van der Waals surface area contributed by atoms with Gasteiger partial charge in [-0.3, -0.25) is 0 Å². The van der Waals surface area contributed by atoms with Crippen LogP contribution in [0.3, 0.4) is 0 Å². The van der Waals surface area contributed by atoms with Crippen molar-refractivity contribution >= 4 is 15.9 Å². The lowest BCUT2D eigenvalue weighted by Gasteiger charge is -2.26. The monoisotopic (exact) mass is 294 g/mol. The van der Waals surface area contributed by atoms with E-state index in [0.29, 0.717) is 5.41 Å². The maximum Gasteiger partial charge on any atom is 0.0716 e. The quantitative estimate of drug-likeness (QED) is 0.431. The molecule has 0 atom stereocenters. The van der Waals surface area contributed by atoms with Crippen LogP contribution in [0.4, 0.5) is 0 Å². The number of benzene rings is 1. The summed E-state index contributed by atoms with van der Waals surface area (Å²) in [5, 5.41) is 1.07. The van der Waals surface area contributed by atoms with E-state index in [1.807, 2.05) is 6.07 Å². The summed E-state index contributed by atoms with van der Waals surface area (Å²) < 4.78 is 5.76. The third-order valence-corrected chi connectivity index (χ3v) is 4.63. The fourth-order valence-electron chi connectivity index (χ4n) is 2.18. The second-order valence-corrected chi connectivity index (χ2v) is 5.36. The summed E-state index contributed by atoms with van der Waals surface area (Å²) in [7, 11) is 0. The van der Waals surface area contributed by atoms with Gasteiger partial charge in [-0.25, -0.2) is 0 Å². The molecule has 0 fully saturated rings. The van der Waals surface area contributed by atoms with Crippen LogP contribution in [0.25, 0.3) is 0 Å². The number of ether oxygens (including phenoxy) is 1. The van der Waals surface area contributed by atoms with Gasteiger partial charge in [0.05, 0.1) is 6.61 Å². The molecule has 2 rings (SSSR count). The Kier molecular flexibility index (Phi) is 4.81. The standard InChI is InChI=1S/C15H19BrO/c16-13-15(8-4-5-9-15)10-11-17-12-14-6-2-1-3-7-14/h1-7H,8-13H2. The van der Waals surface area contributed by atoms with Crippen LogP contribution in [-0.2, 0) is 11.3 Å². The number of halogens is 1. The smallest absolute Gasteiger partial charge is 0.0716 e. The predicted molar refractivity (Wildman–Crippen MR) is 75.3 cm³/mol. The van der Waals surface area contributed by atoms with Crippen molar-refractivity contribution in [1.82, 2.24) is 0 Å². The van der Waals surface area contributed by atoms with E-state index in [4.69, 9.17) is 4.74 Å². The fraction of sp³-hybridized carbons (Fsp3) is 0.467. The first-order valence-corrected chi connectivity index (χ1v) is 7.29. The van der Waals surface area contributed by atoms with Gasteiger partial charge in [0.2, 0.25) is 0 Å². The van der Waals surface area contributed by atoms with Crippen LogP contribution in [0.1, 0.15) is 24.8 Å². The summed E-state index contributed by atoms with van der Waals surface area (Å²) in [6.45, 7) is 1.58. The van der Waals surface area contributed by atoms with E-state index in [1.54, 1.807) is 0 Å². The van der Waals surface area contributed by atoms with Crippen molar-refractivity contribution in [3.05, 3.63) is 48.0 Å². The van der Waals surface area contributed by atoms with Crippen LogP contribution in [0.2, 0.25) is 0 Å². The molecule has 2 heteroatoms. The average Bonchev–Trinajstić information content (AvgIpc) is 2.85. The van der Waals surface area contributed by atoms with Crippen LogP contribution in [0, 0.1) is 5.41 Å². The lowest BCUT2D eigenvalue weighted by atomic mass is 9.85. The minimum atomic E-state index is 0.413. The van der Waals surface area contributed by atoms with Gasteiger partial charge in [-0.2, -0.15) is 0 Å². The molecule has 17 heavy (non-hydrogen) atoms. The van der Waals surface area contributed by atoms with Crippen molar-refractivity contribution in [3.63, 3.8) is 0 Å². The molecule has 1 nitrogen and oxygen atoms in total. The van der Waals surface area contributed by atoms with Gasteiger partial charge < -0.3 is 4.74 Å². The van der Waals surface area contributed by atoms with Crippen LogP contribution in [0.15, 0.2) is 42.5 Å². The van der Waals surface area contributed by atoms with Crippen molar-refractivity contribution < 1.29 is 4.74 Å². The number of rotatable bonds is 6. The lowest BCUT2D eigenvalue weighted by molar-refractivity contribution is 0.0921. The third-order valence-electron chi connectivity index (χ3n) is 3.44. The summed E-state index contributed by atoms with van der Waals surface area (Å²) >= 11 is 3.63. The minimum absolute atomic E-state index is 0.413. The molecule has 0 heterocycles.